The Morgan fingerprint density at radius 3 is 2.89 bits per heavy atom. The highest BCUT2D eigenvalue weighted by Gasteiger charge is 2.33. The number of aliphatic hydroxyl groups is 1. The van der Waals surface area contributed by atoms with E-state index in [4.69, 9.17) is 5.73 Å². The van der Waals surface area contributed by atoms with Crippen LogP contribution in [0.2, 0.25) is 0 Å². The molecule has 0 saturated heterocycles. The summed E-state index contributed by atoms with van der Waals surface area (Å²) >= 11 is 1.46. The molecule has 0 aromatic carbocycles. The quantitative estimate of drug-likeness (QED) is 0.724. The topological polar surface area (TPSA) is 88.2 Å². The first-order valence-corrected chi connectivity index (χ1v) is 7.61. The molecule has 1 aromatic heterocycles. The fourth-order valence-corrected chi connectivity index (χ4v) is 3.32. The number of nitrogens with zero attached hydrogens (tertiary/aromatic N) is 1. The van der Waals surface area contributed by atoms with Crippen molar-refractivity contribution >= 4 is 17.2 Å². The second-order valence-corrected chi connectivity index (χ2v) is 6.16. The van der Waals surface area contributed by atoms with Crippen LogP contribution in [-0.4, -0.2) is 35.7 Å². The Morgan fingerprint density at radius 2 is 2.26 bits per heavy atom. The van der Waals surface area contributed by atoms with Crippen molar-refractivity contribution in [3.8, 4) is 0 Å². The molecule has 0 aliphatic heterocycles. The number of nitrogens with one attached hydrogen (secondary N) is 1. The summed E-state index contributed by atoms with van der Waals surface area (Å²) in [4.78, 5) is 16.3. The fourth-order valence-electron chi connectivity index (χ4n) is 2.53. The number of rotatable bonds is 6. The number of aliphatic hydroxyl groups excluding tert-OH is 1. The van der Waals surface area contributed by atoms with Crippen LogP contribution in [0.25, 0.3) is 0 Å². The minimum Gasteiger partial charge on any atom is -0.396 e. The van der Waals surface area contributed by atoms with Crippen LogP contribution < -0.4 is 11.1 Å². The van der Waals surface area contributed by atoms with Gasteiger partial charge in [0.1, 0.15) is 5.69 Å². The van der Waals surface area contributed by atoms with Crippen LogP contribution in [0.1, 0.15) is 41.2 Å². The first-order chi connectivity index (χ1) is 9.19. The van der Waals surface area contributed by atoms with E-state index in [1.807, 2.05) is 0 Å². The van der Waals surface area contributed by atoms with Gasteiger partial charge in [-0.05, 0) is 19.4 Å². The number of thiazole rings is 1. The maximum atomic E-state index is 12.0. The molecule has 5 nitrogen and oxygen atoms in total. The minimum absolute atomic E-state index is 0.119. The lowest BCUT2D eigenvalue weighted by Crippen LogP contribution is -2.38. The number of hydrogen-bond acceptors (Lipinski definition) is 5. The van der Waals surface area contributed by atoms with Gasteiger partial charge in [0.05, 0.1) is 11.6 Å². The van der Waals surface area contributed by atoms with Crippen molar-refractivity contribution in [2.24, 2.45) is 11.1 Å². The van der Waals surface area contributed by atoms with Crippen molar-refractivity contribution in [3.63, 3.8) is 0 Å². The van der Waals surface area contributed by atoms with Gasteiger partial charge >= 0.3 is 0 Å². The van der Waals surface area contributed by atoms with Crippen molar-refractivity contribution in [1.82, 2.24) is 10.3 Å². The van der Waals surface area contributed by atoms with Gasteiger partial charge in [0.15, 0.2) is 0 Å². The summed E-state index contributed by atoms with van der Waals surface area (Å²) in [7, 11) is 0. The number of amides is 1. The molecule has 0 spiro atoms. The van der Waals surface area contributed by atoms with Crippen LogP contribution in [0.15, 0.2) is 5.38 Å². The summed E-state index contributed by atoms with van der Waals surface area (Å²) in [6.07, 6.45) is 4.94. The number of aromatic nitrogens is 1. The van der Waals surface area contributed by atoms with E-state index in [1.54, 1.807) is 5.38 Å². The molecule has 0 radical (unpaired) electrons. The largest absolute Gasteiger partial charge is 0.396 e. The first-order valence-electron chi connectivity index (χ1n) is 6.73. The Kier molecular flexibility index (Phi) is 4.90. The van der Waals surface area contributed by atoms with E-state index in [2.05, 4.69) is 10.3 Å². The Labute approximate surface area is 117 Å². The number of carbonyl (C=O) groups excluding carboxylic acids is 1. The normalized spacial score (nSPS) is 17.6. The molecule has 4 N–H and O–H groups in total. The molecule has 1 amide bonds. The molecule has 106 valence electrons. The summed E-state index contributed by atoms with van der Waals surface area (Å²) in [5, 5.41) is 15.1. The molecule has 0 unspecified atom stereocenters. The van der Waals surface area contributed by atoms with Crippen molar-refractivity contribution in [3.05, 3.63) is 16.1 Å². The molecule has 0 atom stereocenters. The second-order valence-electron chi connectivity index (χ2n) is 5.21. The number of carbonyl (C=O) groups is 1. The van der Waals surface area contributed by atoms with Gasteiger partial charge < -0.3 is 16.2 Å². The van der Waals surface area contributed by atoms with E-state index >= 15 is 0 Å². The Hall–Kier alpha value is -0.980. The van der Waals surface area contributed by atoms with Crippen molar-refractivity contribution in [1.29, 1.82) is 0 Å². The first kappa shape index (κ1) is 14.4. The average molecular weight is 283 g/mol. The SMILES string of the molecule is NCCc1nc(C(=O)NCC2(CO)CCCC2)cs1. The zero-order chi connectivity index (χ0) is 13.7. The summed E-state index contributed by atoms with van der Waals surface area (Å²) in [6, 6.07) is 0. The summed E-state index contributed by atoms with van der Waals surface area (Å²) in [5.74, 6) is -0.153. The summed E-state index contributed by atoms with van der Waals surface area (Å²) < 4.78 is 0. The van der Waals surface area contributed by atoms with Crippen molar-refractivity contribution in [2.75, 3.05) is 19.7 Å². The molecule has 1 saturated carbocycles. The van der Waals surface area contributed by atoms with Gasteiger partial charge in [0.25, 0.3) is 5.91 Å². The lowest BCUT2D eigenvalue weighted by atomic mass is 9.87. The third-order valence-electron chi connectivity index (χ3n) is 3.77. The van der Waals surface area contributed by atoms with Crippen molar-refractivity contribution < 1.29 is 9.90 Å². The lowest BCUT2D eigenvalue weighted by molar-refractivity contribution is 0.0876. The van der Waals surface area contributed by atoms with E-state index in [-0.39, 0.29) is 17.9 Å². The smallest absolute Gasteiger partial charge is 0.270 e. The molecule has 0 bridgehead atoms. The Balaban J connectivity index is 1.89. The third kappa shape index (κ3) is 3.52. The van der Waals surface area contributed by atoms with Crippen LogP contribution in [0, 0.1) is 5.41 Å². The molecule has 1 aromatic rings. The zero-order valence-corrected chi connectivity index (χ0v) is 11.8. The second kappa shape index (κ2) is 6.45. The van der Waals surface area contributed by atoms with E-state index in [0.717, 1.165) is 30.7 Å². The highest BCUT2D eigenvalue weighted by atomic mass is 32.1. The van der Waals surface area contributed by atoms with Crippen molar-refractivity contribution in [2.45, 2.75) is 32.1 Å². The predicted octanol–water partition coefficient (Wildman–Crippen LogP) is 0.927. The lowest BCUT2D eigenvalue weighted by Gasteiger charge is -2.26. The molecule has 1 aliphatic rings. The summed E-state index contributed by atoms with van der Waals surface area (Å²) in [5.41, 5.74) is 5.80. The van der Waals surface area contributed by atoms with Gasteiger partial charge in [-0.25, -0.2) is 4.98 Å². The van der Waals surface area contributed by atoms with Crippen LogP contribution in [0.5, 0.6) is 0 Å². The number of nitrogens with two attached hydrogens (primary N) is 1. The highest BCUT2D eigenvalue weighted by molar-refractivity contribution is 7.09. The van der Waals surface area contributed by atoms with Gasteiger partial charge in [-0.15, -0.1) is 11.3 Å². The Morgan fingerprint density at radius 1 is 1.53 bits per heavy atom. The highest BCUT2D eigenvalue weighted by Crippen LogP contribution is 2.36. The van der Waals surface area contributed by atoms with Crippen LogP contribution >= 0.6 is 11.3 Å². The zero-order valence-electron chi connectivity index (χ0n) is 11.0. The monoisotopic (exact) mass is 283 g/mol. The average Bonchev–Trinajstić information content (AvgIpc) is 3.06. The van der Waals surface area contributed by atoms with E-state index < -0.39 is 0 Å². The fraction of sp³-hybridized carbons (Fsp3) is 0.692. The molecule has 2 rings (SSSR count). The molecular formula is C13H21N3O2S. The molecule has 6 heteroatoms. The summed E-state index contributed by atoms with van der Waals surface area (Å²) in [6.45, 7) is 1.22. The molecule has 1 heterocycles. The van der Waals surface area contributed by atoms with Crippen LogP contribution in [0.4, 0.5) is 0 Å². The van der Waals surface area contributed by atoms with Gasteiger partial charge in [-0.1, -0.05) is 12.8 Å². The van der Waals surface area contributed by atoms with E-state index in [1.165, 1.54) is 11.3 Å². The number of hydrogen-bond donors (Lipinski definition) is 3. The van der Waals surface area contributed by atoms with Gasteiger partial charge in [-0.2, -0.15) is 0 Å². The Bertz CT molecular complexity index is 427. The standard InChI is InChI=1S/C13H21N3O2S/c14-6-3-11-16-10(7-19-11)12(18)15-8-13(9-17)4-1-2-5-13/h7,17H,1-6,8-9,14H2,(H,15,18). The predicted molar refractivity (Wildman–Crippen MR) is 75.2 cm³/mol. The molecular weight excluding hydrogens is 262 g/mol. The third-order valence-corrected chi connectivity index (χ3v) is 4.67. The van der Waals surface area contributed by atoms with Gasteiger partial charge in [-0.3, -0.25) is 4.79 Å². The van der Waals surface area contributed by atoms with Crippen LogP contribution in [0.3, 0.4) is 0 Å². The molecule has 1 fully saturated rings. The van der Waals surface area contributed by atoms with E-state index in [9.17, 15) is 9.90 Å². The molecule has 1 aliphatic carbocycles. The maximum Gasteiger partial charge on any atom is 0.270 e. The maximum absolute atomic E-state index is 12.0. The van der Waals surface area contributed by atoms with E-state index in [0.29, 0.717) is 25.2 Å². The van der Waals surface area contributed by atoms with Gasteiger partial charge in [0, 0.05) is 23.8 Å². The van der Waals surface area contributed by atoms with Crippen LogP contribution in [-0.2, 0) is 6.42 Å². The van der Waals surface area contributed by atoms with Gasteiger partial charge in [0.2, 0.25) is 0 Å². The minimum atomic E-state index is -0.153. The molecule has 19 heavy (non-hydrogen) atoms.